The average molecular weight is 429 g/mol. The standard InChI is InChI=1S/C25H19NO6/c1-32-19-12-10-15(11-13-19)21-20(22(27)16-6-3-2-4-7-16)23(28)24(29)26(21)18-9-5-8-17(14-18)25(30)31/h2-14,21,27H,1H3,(H,30,31). The molecule has 0 radical (unpaired) electrons. The number of aliphatic hydroxyl groups is 1. The molecule has 0 saturated carbocycles. The number of ether oxygens (including phenoxy) is 1. The zero-order valence-corrected chi connectivity index (χ0v) is 17.1. The van der Waals surface area contributed by atoms with Crippen molar-refractivity contribution in [2.75, 3.05) is 12.0 Å². The number of ketones is 1. The molecule has 1 amide bonds. The summed E-state index contributed by atoms with van der Waals surface area (Å²) in [7, 11) is 1.52. The van der Waals surface area contributed by atoms with Crippen LogP contribution in [0.15, 0.2) is 84.4 Å². The summed E-state index contributed by atoms with van der Waals surface area (Å²) in [6, 6.07) is 20.1. The first-order valence-corrected chi connectivity index (χ1v) is 9.76. The summed E-state index contributed by atoms with van der Waals surface area (Å²) in [6.07, 6.45) is 0. The molecule has 0 aliphatic carbocycles. The maximum Gasteiger partial charge on any atom is 0.335 e. The number of hydrogen-bond acceptors (Lipinski definition) is 5. The Morgan fingerprint density at radius 2 is 1.53 bits per heavy atom. The normalized spacial score (nSPS) is 17.4. The summed E-state index contributed by atoms with van der Waals surface area (Å²) in [6.45, 7) is 0. The third-order valence-electron chi connectivity index (χ3n) is 5.29. The van der Waals surface area contributed by atoms with Crippen LogP contribution in [0.4, 0.5) is 5.69 Å². The number of nitrogens with zero attached hydrogens (tertiary/aromatic N) is 1. The maximum atomic E-state index is 13.1. The van der Waals surface area contributed by atoms with E-state index in [-0.39, 0.29) is 22.6 Å². The highest BCUT2D eigenvalue weighted by atomic mass is 16.5. The molecule has 160 valence electrons. The van der Waals surface area contributed by atoms with Gasteiger partial charge in [-0.2, -0.15) is 0 Å². The Labute approximate surface area is 183 Å². The van der Waals surface area contributed by atoms with Gasteiger partial charge in [0, 0.05) is 11.3 Å². The molecule has 0 aromatic heterocycles. The van der Waals surface area contributed by atoms with Crippen molar-refractivity contribution in [2.24, 2.45) is 0 Å². The van der Waals surface area contributed by atoms with Gasteiger partial charge in [0.15, 0.2) is 0 Å². The van der Waals surface area contributed by atoms with Crippen molar-refractivity contribution in [3.05, 3.63) is 101 Å². The Hall–Kier alpha value is -4.39. The number of methoxy groups -OCH3 is 1. The molecule has 0 bridgehead atoms. The second kappa shape index (κ2) is 8.39. The molecule has 1 heterocycles. The van der Waals surface area contributed by atoms with Gasteiger partial charge in [-0.15, -0.1) is 0 Å². The van der Waals surface area contributed by atoms with E-state index in [1.165, 1.54) is 30.2 Å². The zero-order valence-electron chi connectivity index (χ0n) is 17.1. The smallest absolute Gasteiger partial charge is 0.335 e. The molecular formula is C25H19NO6. The predicted molar refractivity (Wildman–Crippen MR) is 118 cm³/mol. The molecule has 7 nitrogen and oxygen atoms in total. The molecule has 0 spiro atoms. The van der Waals surface area contributed by atoms with Crippen LogP contribution in [0.3, 0.4) is 0 Å². The van der Waals surface area contributed by atoms with Gasteiger partial charge in [0.25, 0.3) is 11.7 Å². The van der Waals surface area contributed by atoms with Gasteiger partial charge in [0.2, 0.25) is 0 Å². The van der Waals surface area contributed by atoms with Gasteiger partial charge < -0.3 is 14.9 Å². The largest absolute Gasteiger partial charge is 0.507 e. The number of carbonyl (C=O) groups excluding carboxylic acids is 2. The van der Waals surface area contributed by atoms with E-state index in [9.17, 15) is 24.6 Å². The summed E-state index contributed by atoms with van der Waals surface area (Å²) in [4.78, 5) is 38.9. The fourth-order valence-electron chi connectivity index (χ4n) is 3.74. The molecule has 1 saturated heterocycles. The van der Waals surface area contributed by atoms with Crippen LogP contribution >= 0.6 is 0 Å². The number of hydrogen-bond donors (Lipinski definition) is 2. The molecule has 3 aromatic carbocycles. The molecule has 2 N–H and O–H groups in total. The van der Waals surface area contributed by atoms with Crippen molar-refractivity contribution < 1.29 is 29.3 Å². The van der Waals surface area contributed by atoms with E-state index in [0.717, 1.165) is 0 Å². The predicted octanol–water partition coefficient (Wildman–Crippen LogP) is 4.02. The molecule has 1 aliphatic heterocycles. The van der Waals surface area contributed by atoms with Crippen molar-refractivity contribution in [2.45, 2.75) is 6.04 Å². The second-order valence-electron chi connectivity index (χ2n) is 7.16. The van der Waals surface area contributed by atoms with Gasteiger partial charge in [-0.1, -0.05) is 48.5 Å². The SMILES string of the molecule is COc1ccc(C2C(=C(O)c3ccccc3)C(=O)C(=O)N2c2cccc(C(=O)O)c2)cc1. The summed E-state index contributed by atoms with van der Waals surface area (Å²) in [5.74, 6) is -2.59. The van der Waals surface area contributed by atoms with Crippen molar-refractivity contribution in [3.63, 3.8) is 0 Å². The van der Waals surface area contributed by atoms with E-state index in [1.54, 1.807) is 60.7 Å². The van der Waals surface area contributed by atoms with Crippen molar-refractivity contribution in [1.82, 2.24) is 0 Å². The van der Waals surface area contributed by atoms with E-state index in [4.69, 9.17) is 4.74 Å². The third-order valence-corrected chi connectivity index (χ3v) is 5.29. The van der Waals surface area contributed by atoms with Crippen molar-refractivity contribution in [3.8, 4) is 5.75 Å². The number of rotatable bonds is 5. The minimum absolute atomic E-state index is 0.0269. The number of carboxylic acid groups (broad SMARTS) is 1. The molecule has 32 heavy (non-hydrogen) atoms. The topological polar surface area (TPSA) is 104 Å². The van der Waals surface area contributed by atoms with Crippen LogP contribution in [0.2, 0.25) is 0 Å². The van der Waals surface area contributed by atoms with Crippen LogP contribution in [0.5, 0.6) is 5.75 Å². The first-order chi connectivity index (χ1) is 15.4. The number of Topliss-reactive ketones (excluding diaryl/α,β-unsaturated/α-hetero) is 1. The van der Waals surface area contributed by atoms with Crippen LogP contribution in [-0.4, -0.2) is 35.0 Å². The molecule has 1 atom stereocenters. The molecule has 1 fully saturated rings. The van der Waals surface area contributed by atoms with Gasteiger partial charge in [0.1, 0.15) is 11.5 Å². The van der Waals surface area contributed by atoms with Gasteiger partial charge in [0.05, 0.1) is 24.3 Å². The summed E-state index contributed by atoms with van der Waals surface area (Å²) in [5.41, 5.74) is 1.08. The van der Waals surface area contributed by atoms with E-state index in [1.807, 2.05) is 0 Å². The van der Waals surface area contributed by atoms with Crippen LogP contribution in [0.25, 0.3) is 5.76 Å². The van der Waals surface area contributed by atoms with Crippen LogP contribution in [0, 0.1) is 0 Å². The lowest BCUT2D eigenvalue weighted by Crippen LogP contribution is -2.29. The zero-order chi connectivity index (χ0) is 22.8. The number of carboxylic acids is 1. The van der Waals surface area contributed by atoms with Crippen LogP contribution < -0.4 is 9.64 Å². The van der Waals surface area contributed by atoms with Crippen LogP contribution in [0.1, 0.15) is 27.5 Å². The fourth-order valence-corrected chi connectivity index (χ4v) is 3.74. The molecule has 3 aromatic rings. The second-order valence-corrected chi connectivity index (χ2v) is 7.16. The first-order valence-electron chi connectivity index (χ1n) is 9.76. The van der Waals surface area contributed by atoms with E-state index in [0.29, 0.717) is 16.9 Å². The number of anilines is 1. The minimum Gasteiger partial charge on any atom is -0.507 e. The van der Waals surface area contributed by atoms with E-state index in [2.05, 4.69) is 0 Å². The summed E-state index contributed by atoms with van der Waals surface area (Å²) in [5, 5.41) is 20.4. The van der Waals surface area contributed by atoms with E-state index >= 15 is 0 Å². The highest BCUT2D eigenvalue weighted by molar-refractivity contribution is 6.51. The molecular weight excluding hydrogens is 410 g/mol. The van der Waals surface area contributed by atoms with Crippen LogP contribution in [-0.2, 0) is 9.59 Å². The summed E-state index contributed by atoms with van der Waals surface area (Å²) < 4.78 is 5.20. The molecule has 1 aliphatic rings. The summed E-state index contributed by atoms with van der Waals surface area (Å²) >= 11 is 0. The Morgan fingerprint density at radius 1 is 0.875 bits per heavy atom. The average Bonchev–Trinajstić information content (AvgIpc) is 3.09. The number of carbonyl (C=O) groups is 3. The van der Waals surface area contributed by atoms with Gasteiger partial charge in [-0.3, -0.25) is 14.5 Å². The molecule has 7 heteroatoms. The Bertz CT molecular complexity index is 1230. The minimum atomic E-state index is -1.16. The van der Waals surface area contributed by atoms with Gasteiger partial charge in [-0.25, -0.2) is 4.79 Å². The number of aliphatic hydroxyl groups excluding tert-OH is 1. The lowest BCUT2D eigenvalue weighted by atomic mass is 9.95. The number of amides is 1. The maximum absolute atomic E-state index is 13.1. The molecule has 1 unspecified atom stereocenters. The van der Waals surface area contributed by atoms with Gasteiger partial charge in [-0.05, 0) is 35.9 Å². The highest BCUT2D eigenvalue weighted by Crippen LogP contribution is 2.42. The van der Waals surface area contributed by atoms with Crippen molar-refractivity contribution in [1.29, 1.82) is 0 Å². The highest BCUT2D eigenvalue weighted by Gasteiger charge is 2.47. The lowest BCUT2D eigenvalue weighted by molar-refractivity contribution is -0.132. The first kappa shape index (κ1) is 20.9. The monoisotopic (exact) mass is 429 g/mol. The number of aromatic carboxylic acids is 1. The quantitative estimate of drug-likeness (QED) is 0.361. The fraction of sp³-hybridized carbons (Fsp3) is 0.0800. The van der Waals surface area contributed by atoms with Crippen molar-refractivity contribution >= 4 is 29.1 Å². The lowest BCUT2D eigenvalue weighted by Gasteiger charge is -2.25. The van der Waals surface area contributed by atoms with Gasteiger partial charge >= 0.3 is 5.97 Å². The Morgan fingerprint density at radius 3 is 2.16 bits per heavy atom. The molecule has 4 rings (SSSR count). The Kier molecular flexibility index (Phi) is 5.47. The number of benzene rings is 3. The Balaban J connectivity index is 1.94. The van der Waals surface area contributed by atoms with E-state index < -0.39 is 23.7 Å². The third kappa shape index (κ3) is 3.60.